The molecule has 1 N–H and O–H groups in total. The summed E-state index contributed by atoms with van der Waals surface area (Å²) in [6, 6.07) is 11.5. The second-order valence-corrected chi connectivity index (χ2v) is 6.02. The van der Waals surface area contributed by atoms with E-state index in [4.69, 9.17) is 0 Å². The van der Waals surface area contributed by atoms with Crippen LogP contribution in [0.25, 0.3) is 11.3 Å². The molecule has 1 aliphatic heterocycles. The minimum atomic E-state index is -0.305. The van der Waals surface area contributed by atoms with Crippen LogP contribution >= 0.6 is 0 Å². The Bertz CT molecular complexity index is 905. The van der Waals surface area contributed by atoms with E-state index in [9.17, 15) is 9.18 Å². The van der Waals surface area contributed by atoms with Crippen LogP contribution in [0.2, 0.25) is 0 Å². The molecule has 0 unspecified atom stereocenters. The van der Waals surface area contributed by atoms with E-state index in [1.807, 2.05) is 30.0 Å². The van der Waals surface area contributed by atoms with Crippen molar-refractivity contribution in [2.24, 2.45) is 0 Å². The largest absolute Gasteiger partial charge is 0.324 e. The Hall–Kier alpha value is -3.02. The monoisotopic (exact) mass is 336 g/mol. The first-order chi connectivity index (χ1) is 12.2. The van der Waals surface area contributed by atoms with Crippen molar-refractivity contribution in [1.29, 1.82) is 0 Å². The molecule has 1 aromatic carbocycles. The third kappa shape index (κ3) is 2.50. The van der Waals surface area contributed by atoms with Crippen molar-refractivity contribution in [1.82, 2.24) is 20.1 Å². The lowest BCUT2D eigenvalue weighted by molar-refractivity contribution is 0.0741. The highest BCUT2D eigenvalue weighted by atomic mass is 19.1. The molecule has 5 nitrogen and oxygen atoms in total. The number of benzene rings is 1. The highest BCUT2D eigenvalue weighted by Crippen LogP contribution is 2.42. The molecule has 1 aliphatic rings. The van der Waals surface area contributed by atoms with E-state index in [0.29, 0.717) is 17.9 Å². The number of aromatic amines is 1. The molecule has 0 saturated heterocycles. The second kappa shape index (κ2) is 6.12. The van der Waals surface area contributed by atoms with Crippen molar-refractivity contribution in [3.63, 3.8) is 0 Å². The molecular formula is C19H17FN4O. The zero-order valence-electron chi connectivity index (χ0n) is 13.7. The van der Waals surface area contributed by atoms with Crippen LogP contribution in [0.5, 0.6) is 0 Å². The normalized spacial score (nSPS) is 16.3. The lowest BCUT2D eigenvalue weighted by Gasteiger charge is -2.25. The van der Waals surface area contributed by atoms with Gasteiger partial charge in [0.05, 0.1) is 11.4 Å². The first kappa shape index (κ1) is 15.5. The van der Waals surface area contributed by atoms with Crippen LogP contribution in [0.3, 0.4) is 0 Å². The predicted molar refractivity (Wildman–Crippen MR) is 91.4 cm³/mol. The Morgan fingerprint density at radius 2 is 2.00 bits per heavy atom. The molecule has 2 aromatic heterocycles. The third-order valence-corrected chi connectivity index (χ3v) is 4.41. The number of amides is 1. The van der Waals surface area contributed by atoms with Crippen LogP contribution in [0, 0.1) is 5.82 Å². The number of nitrogens with one attached hydrogen (secondary N) is 1. The van der Waals surface area contributed by atoms with Crippen LogP contribution in [0.1, 0.15) is 41.1 Å². The summed E-state index contributed by atoms with van der Waals surface area (Å²) in [5.74, 6) is -0.380. The van der Waals surface area contributed by atoms with Gasteiger partial charge < -0.3 is 4.90 Å². The lowest BCUT2D eigenvalue weighted by atomic mass is 9.99. The predicted octanol–water partition coefficient (Wildman–Crippen LogP) is 3.57. The number of carbonyl (C=O) groups is 1. The van der Waals surface area contributed by atoms with Crippen molar-refractivity contribution < 1.29 is 9.18 Å². The fourth-order valence-corrected chi connectivity index (χ4v) is 3.34. The van der Waals surface area contributed by atoms with Crippen molar-refractivity contribution in [2.45, 2.75) is 19.4 Å². The number of rotatable bonds is 4. The molecule has 0 saturated carbocycles. The molecule has 1 amide bonds. The highest BCUT2D eigenvalue weighted by Gasteiger charge is 2.42. The molecule has 6 heteroatoms. The first-order valence-electron chi connectivity index (χ1n) is 8.26. The van der Waals surface area contributed by atoms with E-state index in [1.54, 1.807) is 18.3 Å². The van der Waals surface area contributed by atoms with Gasteiger partial charge in [0.1, 0.15) is 17.6 Å². The second-order valence-electron chi connectivity index (χ2n) is 6.02. The van der Waals surface area contributed by atoms with E-state index in [-0.39, 0.29) is 17.8 Å². The molecule has 1 atom stereocenters. The Balaban J connectivity index is 1.88. The number of H-pyrrole nitrogens is 1. The van der Waals surface area contributed by atoms with Gasteiger partial charge in [0.2, 0.25) is 0 Å². The zero-order valence-corrected chi connectivity index (χ0v) is 13.7. The van der Waals surface area contributed by atoms with Crippen molar-refractivity contribution in [3.8, 4) is 11.3 Å². The van der Waals surface area contributed by atoms with E-state index in [2.05, 4.69) is 15.2 Å². The zero-order chi connectivity index (χ0) is 17.4. The van der Waals surface area contributed by atoms with Crippen LogP contribution in [-0.2, 0) is 0 Å². The van der Waals surface area contributed by atoms with E-state index in [0.717, 1.165) is 23.2 Å². The summed E-state index contributed by atoms with van der Waals surface area (Å²) >= 11 is 0. The summed E-state index contributed by atoms with van der Waals surface area (Å²) in [4.78, 5) is 19.1. The van der Waals surface area contributed by atoms with Gasteiger partial charge in [0, 0.05) is 23.9 Å². The molecule has 3 aromatic rings. The summed E-state index contributed by atoms with van der Waals surface area (Å²) in [6.07, 6.45) is 2.57. The SMILES string of the molecule is CCCN1C(=O)c2[nH]nc(-c3ccc(F)cc3)c2[C@H]1c1ccccn1. The first-order valence-corrected chi connectivity index (χ1v) is 8.26. The summed E-state index contributed by atoms with van der Waals surface area (Å²) in [5, 5.41) is 7.21. The average molecular weight is 336 g/mol. The van der Waals surface area contributed by atoms with E-state index < -0.39 is 0 Å². The Morgan fingerprint density at radius 1 is 1.20 bits per heavy atom. The standard InChI is InChI=1S/C19H17FN4O/c1-2-11-24-18(14-5-3-4-10-21-14)15-16(22-23-17(15)19(24)25)12-6-8-13(20)9-7-12/h3-10,18H,2,11H2,1H3,(H,22,23)/t18-/m1/s1. The molecule has 3 heterocycles. The maximum Gasteiger partial charge on any atom is 0.273 e. The molecule has 0 bridgehead atoms. The van der Waals surface area contributed by atoms with Gasteiger partial charge in [-0.25, -0.2) is 4.39 Å². The molecule has 0 fully saturated rings. The molecule has 25 heavy (non-hydrogen) atoms. The summed E-state index contributed by atoms with van der Waals surface area (Å²) in [5.41, 5.74) is 3.53. The highest BCUT2D eigenvalue weighted by molar-refractivity contribution is 6.00. The van der Waals surface area contributed by atoms with Gasteiger partial charge in [-0.1, -0.05) is 13.0 Å². The van der Waals surface area contributed by atoms with Gasteiger partial charge in [0.15, 0.2) is 0 Å². The number of pyridine rings is 1. The molecule has 126 valence electrons. The minimum Gasteiger partial charge on any atom is -0.324 e. The maximum atomic E-state index is 13.3. The minimum absolute atomic E-state index is 0.0756. The summed E-state index contributed by atoms with van der Waals surface area (Å²) in [7, 11) is 0. The summed E-state index contributed by atoms with van der Waals surface area (Å²) in [6.45, 7) is 2.67. The Kier molecular flexibility index (Phi) is 3.80. The molecule has 4 rings (SSSR count). The average Bonchev–Trinajstić information content (AvgIpc) is 3.17. The van der Waals surface area contributed by atoms with Gasteiger partial charge in [-0.05, 0) is 42.8 Å². The van der Waals surface area contributed by atoms with Crippen molar-refractivity contribution >= 4 is 5.91 Å². The number of fused-ring (bicyclic) bond motifs is 1. The number of hydrogen-bond donors (Lipinski definition) is 1. The van der Waals surface area contributed by atoms with Crippen LogP contribution in [0.4, 0.5) is 4.39 Å². The summed E-state index contributed by atoms with van der Waals surface area (Å²) < 4.78 is 13.3. The smallest absolute Gasteiger partial charge is 0.273 e. The van der Waals surface area contributed by atoms with Gasteiger partial charge in [-0.15, -0.1) is 0 Å². The topological polar surface area (TPSA) is 61.9 Å². The molecule has 0 radical (unpaired) electrons. The number of halogens is 1. The molecule has 0 aliphatic carbocycles. The molecular weight excluding hydrogens is 319 g/mol. The third-order valence-electron chi connectivity index (χ3n) is 4.41. The van der Waals surface area contributed by atoms with E-state index in [1.165, 1.54) is 12.1 Å². The molecule has 0 spiro atoms. The lowest BCUT2D eigenvalue weighted by Crippen LogP contribution is -2.30. The number of aromatic nitrogens is 3. The van der Waals surface area contributed by atoms with Crippen molar-refractivity contribution in [2.75, 3.05) is 6.54 Å². The fourth-order valence-electron chi connectivity index (χ4n) is 3.34. The Morgan fingerprint density at radius 3 is 2.68 bits per heavy atom. The maximum absolute atomic E-state index is 13.3. The van der Waals surface area contributed by atoms with Crippen LogP contribution in [-0.4, -0.2) is 32.5 Å². The van der Waals surface area contributed by atoms with Gasteiger partial charge in [0.25, 0.3) is 5.91 Å². The van der Waals surface area contributed by atoms with Crippen LogP contribution < -0.4 is 0 Å². The van der Waals surface area contributed by atoms with E-state index >= 15 is 0 Å². The van der Waals surface area contributed by atoms with Gasteiger partial charge in [-0.3, -0.25) is 14.9 Å². The van der Waals surface area contributed by atoms with Crippen molar-refractivity contribution in [3.05, 3.63) is 71.4 Å². The van der Waals surface area contributed by atoms with Crippen LogP contribution in [0.15, 0.2) is 48.7 Å². The fraction of sp³-hybridized carbons (Fsp3) is 0.211. The van der Waals surface area contributed by atoms with Gasteiger partial charge in [-0.2, -0.15) is 5.10 Å². The number of hydrogen-bond acceptors (Lipinski definition) is 3. The van der Waals surface area contributed by atoms with Gasteiger partial charge >= 0.3 is 0 Å². The quantitative estimate of drug-likeness (QED) is 0.792. The Labute approximate surface area is 144 Å². The number of carbonyl (C=O) groups excluding carboxylic acids is 1. The number of nitrogens with zero attached hydrogens (tertiary/aromatic N) is 3.